The molecule has 6 nitrogen and oxygen atoms in total. The van der Waals surface area contributed by atoms with E-state index in [1.165, 1.54) is 0 Å². The Bertz CT molecular complexity index is 661. The number of carbonyl (C=O) groups excluding carboxylic acids is 1. The van der Waals surface area contributed by atoms with Crippen molar-refractivity contribution in [3.63, 3.8) is 0 Å². The number of aryl methyl sites for hydroxylation is 2. The van der Waals surface area contributed by atoms with E-state index in [4.69, 9.17) is 9.15 Å². The van der Waals surface area contributed by atoms with Gasteiger partial charge in [-0.25, -0.2) is 0 Å². The Morgan fingerprint density at radius 1 is 1.50 bits per heavy atom. The minimum Gasteiger partial charge on any atom is -0.464 e. The van der Waals surface area contributed by atoms with E-state index >= 15 is 0 Å². The number of aromatic nitrogens is 2. The largest absolute Gasteiger partial charge is 0.464 e. The number of hydrogen-bond donors (Lipinski definition) is 1. The number of nitrogens with zero attached hydrogens (tertiary/aromatic N) is 2. The zero-order chi connectivity index (χ0) is 15.7. The summed E-state index contributed by atoms with van der Waals surface area (Å²) in [6.45, 7) is 4.40. The van der Waals surface area contributed by atoms with Gasteiger partial charge >= 0.3 is 0 Å². The summed E-state index contributed by atoms with van der Waals surface area (Å²) < 4.78 is 13.0. The van der Waals surface area contributed by atoms with Gasteiger partial charge in [-0.15, -0.1) is 0 Å². The number of furan rings is 1. The van der Waals surface area contributed by atoms with Crippen LogP contribution in [-0.4, -0.2) is 22.3 Å². The van der Waals surface area contributed by atoms with Crippen LogP contribution in [0.2, 0.25) is 0 Å². The summed E-state index contributed by atoms with van der Waals surface area (Å²) in [6, 6.07) is 3.63. The Hall–Kier alpha value is -2.08. The van der Waals surface area contributed by atoms with Crippen LogP contribution in [0, 0.1) is 12.8 Å². The van der Waals surface area contributed by atoms with Crippen LogP contribution in [0.1, 0.15) is 42.6 Å². The van der Waals surface area contributed by atoms with Crippen LogP contribution in [0.15, 0.2) is 28.9 Å². The second-order valence-electron chi connectivity index (χ2n) is 5.81. The van der Waals surface area contributed by atoms with Gasteiger partial charge in [0.1, 0.15) is 11.5 Å². The Morgan fingerprint density at radius 2 is 2.32 bits per heavy atom. The highest BCUT2D eigenvalue weighted by molar-refractivity contribution is 5.80. The molecule has 0 saturated carbocycles. The third-order valence-electron chi connectivity index (χ3n) is 4.03. The number of carbonyl (C=O) groups is 1. The fraction of sp³-hybridized carbons (Fsp3) is 0.500. The molecule has 0 bridgehead atoms. The standard InChI is InChI=1S/C16H21N3O3/c1-10-4-5-14(22-10)11(2)18-16(20)13-6-7-21-15(13)12-8-17-19(3)9-12/h4-5,8-9,11,13,15H,6-7H2,1-3H3,(H,18,20)/t11-,13-,15+/m0/s1. The molecule has 0 aliphatic carbocycles. The van der Waals surface area contributed by atoms with Gasteiger partial charge in [-0.05, 0) is 32.4 Å². The lowest BCUT2D eigenvalue weighted by Gasteiger charge is -2.19. The molecule has 3 rings (SSSR count). The third kappa shape index (κ3) is 2.92. The molecule has 1 aliphatic heterocycles. The average molecular weight is 303 g/mol. The van der Waals surface area contributed by atoms with Crippen molar-refractivity contribution in [1.29, 1.82) is 0 Å². The quantitative estimate of drug-likeness (QED) is 0.940. The number of nitrogens with one attached hydrogen (secondary N) is 1. The first-order chi connectivity index (χ1) is 10.5. The van der Waals surface area contributed by atoms with Crippen molar-refractivity contribution in [1.82, 2.24) is 15.1 Å². The Kier molecular flexibility index (Phi) is 4.02. The summed E-state index contributed by atoms with van der Waals surface area (Å²) in [5, 5.41) is 7.17. The van der Waals surface area contributed by atoms with Crippen molar-refractivity contribution < 1.29 is 13.9 Å². The molecular weight excluding hydrogens is 282 g/mol. The summed E-state index contributed by atoms with van der Waals surface area (Å²) >= 11 is 0. The fourth-order valence-corrected chi connectivity index (χ4v) is 2.85. The summed E-state index contributed by atoms with van der Waals surface area (Å²) in [4.78, 5) is 12.6. The molecule has 0 spiro atoms. The van der Waals surface area contributed by atoms with Gasteiger partial charge in [-0.1, -0.05) is 0 Å². The molecule has 1 amide bonds. The van der Waals surface area contributed by atoms with E-state index < -0.39 is 0 Å². The van der Waals surface area contributed by atoms with Crippen molar-refractivity contribution in [3.05, 3.63) is 41.6 Å². The van der Waals surface area contributed by atoms with E-state index in [1.54, 1.807) is 10.9 Å². The maximum Gasteiger partial charge on any atom is 0.226 e. The van der Waals surface area contributed by atoms with E-state index in [9.17, 15) is 4.79 Å². The lowest BCUT2D eigenvalue weighted by atomic mass is 9.96. The predicted octanol–water partition coefficient (Wildman–Crippen LogP) is 2.28. The third-order valence-corrected chi connectivity index (χ3v) is 4.03. The molecule has 3 atom stereocenters. The minimum atomic E-state index is -0.223. The second-order valence-corrected chi connectivity index (χ2v) is 5.81. The van der Waals surface area contributed by atoms with Crippen LogP contribution < -0.4 is 5.32 Å². The first kappa shape index (κ1) is 14.8. The van der Waals surface area contributed by atoms with Gasteiger partial charge in [0.2, 0.25) is 5.91 Å². The Balaban J connectivity index is 1.68. The molecule has 118 valence electrons. The molecule has 1 N–H and O–H groups in total. The fourth-order valence-electron chi connectivity index (χ4n) is 2.85. The summed E-state index contributed by atoms with van der Waals surface area (Å²) in [5.41, 5.74) is 0.946. The van der Waals surface area contributed by atoms with Gasteiger partial charge in [0.15, 0.2) is 0 Å². The summed E-state index contributed by atoms with van der Waals surface area (Å²) in [5.74, 6) is 1.41. The molecule has 0 unspecified atom stereocenters. The number of rotatable bonds is 4. The van der Waals surface area contributed by atoms with Crippen LogP contribution in [0.3, 0.4) is 0 Å². The van der Waals surface area contributed by atoms with Gasteiger partial charge in [0.25, 0.3) is 0 Å². The van der Waals surface area contributed by atoms with Gasteiger partial charge in [-0.3, -0.25) is 9.48 Å². The molecular formula is C16H21N3O3. The SMILES string of the molecule is Cc1ccc([C@H](C)NC(=O)[C@H]2CCO[C@@H]2c2cnn(C)c2)o1. The smallest absolute Gasteiger partial charge is 0.226 e. The van der Waals surface area contributed by atoms with Crippen LogP contribution in [-0.2, 0) is 16.6 Å². The molecule has 3 heterocycles. The van der Waals surface area contributed by atoms with Crippen LogP contribution in [0.4, 0.5) is 0 Å². The highest BCUT2D eigenvalue weighted by Gasteiger charge is 2.36. The van der Waals surface area contributed by atoms with E-state index in [0.29, 0.717) is 6.61 Å². The first-order valence-electron chi connectivity index (χ1n) is 7.51. The highest BCUT2D eigenvalue weighted by atomic mass is 16.5. The maximum absolute atomic E-state index is 12.6. The normalized spacial score (nSPS) is 22.7. The monoisotopic (exact) mass is 303 g/mol. The molecule has 1 fully saturated rings. The van der Waals surface area contributed by atoms with Crippen LogP contribution in [0.5, 0.6) is 0 Å². The van der Waals surface area contributed by atoms with Crippen molar-refractivity contribution in [2.45, 2.75) is 32.4 Å². The zero-order valence-electron chi connectivity index (χ0n) is 13.1. The molecule has 2 aromatic heterocycles. The van der Waals surface area contributed by atoms with Crippen molar-refractivity contribution >= 4 is 5.91 Å². The number of amides is 1. The lowest BCUT2D eigenvalue weighted by Crippen LogP contribution is -2.34. The number of ether oxygens (including phenoxy) is 1. The molecule has 0 aromatic carbocycles. The van der Waals surface area contributed by atoms with E-state index in [1.807, 2.05) is 39.2 Å². The topological polar surface area (TPSA) is 69.3 Å². The summed E-state index contributed by atoms with van der Waals surface area (Å²) in [6.07, 6.45) is 4.15. The molecule has 1 saturated heterocycles. The molecule has 22 heavy (non-hydrogen) atoms. The lowest BCUT2D eigenvalue weighted by molar-refractivity contribution is -0.127. The Labute approximate surface area is 129 Å². The van der Waals surface area contributed by atoms with Crippen LogP contribution >= 0.6 is 0 Å². The van der Waals surface area contributed by atoms with Crippen molar-refractivity contribution in [2.75, 3.05) is 6.61 Å². The van der Waals surface area contributed by atoms with Crippen molar-refractivity contribution in [3.8, 4) is 0 Å². The maximum atomic E-state index is 12.6. The van der Waals surface area contributed by atoms with Crippen molar-refractivity contribution in [2.24, 2.45) is 13.0 Å². The first-order valence-corrected chi connectivity index (χ1v) is 7.51. The van der Waals surface area contributed by atoms with Gasteiger partial charge < -0.3 is 14.5 Å². The minimum absolute atomic E-state index is 0.00657. The van der Waals surface area contributed by atoms with Crippen LogP contribution in [0.25, 0.3) is 0 Å². The second kappa shape index (κ2) is 5.96. The van der Waals surface area contributed by atoms with Gasteiger partial charge in [0, 0.05) is 25.4 Å². The van der Waals surface area contributed by atoms with E-state index in [-0.39, 0.29) is 24.0 Å². The predicted molar refractivity (Wildman–Crippen MR) is 80.0 cm³/mol. The average Bonchev–Trinajstić information content (AvgIpc) is 3.17. The molecule has 0 radical (unpaired) electrons. The highest BCUT2D eigenvalue weighted by Crippen LogP contribution is 2.34. The molecule has 1 aliphatic rings. The summed E-state index contributed by atoms with van der Waals surface area (Å²) in [7, 11) is 1.86. The van der Waals surface area contributed by atoms with E-state index in [2.05, 4.69) is 10.4 Å². The zero-order valence-corrected chi connectivity index (χ0v) is 13.1. The Morgan fingerprint density at radius 3 is 2.95 bits per heavy atom. The van der Waals surface area contributed by atoms with E-state index in [0.717, 1.165) is 23.5 Å². The molecule has 2 aromatic rings. The van der Waals surface area contributed by atoms with Gasteiger partial charge in [-0.2, -0.15) is 5.10 Å². The molecule has 6 heteroatoms. The van der Waals surface area contributed by atoms with Gasteiger partial charge in [0.05, 0.1) is 24.3 Å². The number of hydrogen-bond acceptors (Lipinski definition) is 4.